The highest BCUT2D eigenvalue weighted by atomic mass is 127. The Kier molecular flexibility index (Phi) is 6.31. The number of hydrogen-bond acceptors (Lipinski definition) is 6. The molecule has 2 heterocycles. The number of rotatable bonds is 5. The molecule has 0 unspecified atom stereocenters. The van der Waals surface area contributed by atoms with Gasteiger partial charge in [0.15, 0.2) is 5.13 Å². The lowest BCUT2D eigenvalue weighted by molar-refractivity contribution is -0.120. The quantitative estimate of drug-likeness (QED) is 0.327. The molecule has 4 rings (SSSR count). The molecular weight excluding hydrogens is 563 g/mol. The smallest absolute Gasteiger partial charge is 0.283 e. The Labute approximate surface area is 206 Å². The number of nitrogens with zero attached hydrogens (tertiary/aromatic N) is 2. The van der Waals surface area contributed by atoms with Crippen molar-refractivity contribution < 1.29 is 14.4 Å². The first-order valence-corrected chi connectivity index (χ1v) is 11.7. The van der Waals surface area contributed by atoms with E-state index in [9.17, 15) is 14.4 Å². The normalized spacial score (nSPS) is 13.7. The van der Waals surface area contributed by atoms with E-state index in [1.807, 2.05) is 13.8 Å². The average Bonchev–Trinajstić information content (AvgIpc) is 3.19. The topological polar surface area (TPSA) is 91.4 Å². The van der Waals surface area contributed by atoms with Gasteiger partial charge in [0, 0.05) is 19.7 Å². The van der Waals surface area contributed by atoms with Crippen molar-refractivity contribution in [3.05, 3.63) is 79.0 Å². The van der Waals surface area contributed by atoms with Crippen LogP contribution in [0.2, 0.25) is 0 Å². The average molecular weight is 579 g/mol. The zero-order valence-electron chi connectivity index (χ0n) is 16.9. The van der Waals surface area contributed by atoms with Gasteiger partial charge in [0.1, 0.15) is 10.7 Å². The molecule has 0 radical (unpaired) electrons. The van der Waals surface area contributed by atoms with Crippen LogP contribution < -0.4 is 15.5 Å². The minimum Gasteiger partial charge on any atom is -0.350 e. The molecule has 0 bridgehead atoms. The van der Waals surface area contributed by atoms with E-state index in [4.69, 9.17) is 11.6 Å². The van der Waals surface area contributed by atoms with Crippen molar-refractivity contribution >= 4 is 79.8 Å². The molecule has 1 aliphatic rings. The van der Waals surface area contributed by atoms with Gasteiger partial charge in [-0.15, -0.1) is 11.3 Å². The molecule has 1 aliphatic heterocycles. The second-order valence-corrected chi connectivity index (χ2v) is 9.76. The number of aromatic nitrogens is 1. The maximum atomic E-state index is 12.9. The predicted molar refractivity (Wildman–Crippen MR) is 134 cm³/mol. The molecule has 3 aromatic rings. The third kappa shape index (κ3) is 4.41. The molecule has 0 fully saturated rings. The van der Waals surface area contributed by atoms with Gasteiger partial charge in [-0.05, 0) is 78.9 Å². The summed E-state index contributed by atoms with van der Waals surface area (Å²) in [5, 5.41) is 5.97. The number of carbonyl (C=O) groups is 3. The highest BCUT2D eigenvalue weighted by Gasteiger charge is 2.39. The van der Waals surface area contributed by atoms with Gasteiger partial charge in [-0.25, -0.2) is 9.88 Å². The second kappa shape index (κ2) is 9.00. The van der Waals surface area contributed by atoms with Crippen molar-refractivity contribution in [1.82, 2.24) is 4.98 Å². The summed E-state index contributed by atoms with van der Waals surface area (Å²) in [7, 11) is 0. The van der Waals surface area contributed by atoms with Crippen molar-refractivity contribution in [2.45, 2.75) is 13.8 Å². The van der Waals surface area contributed by atoms with Crippen LogP contribution in [0.25, 0.3) is 0 Å². The van der Waals surface area contributed by atoms with E-state index < -0.39 is 11.8 Å². The van der Waals surface area contributed by atoms with Gasteiger partial charge >= 0.3 is 0 Å². The van der Waals surface area contributed by atoms with Gasteiger partial charge in [0.25, 0.3) is 17.7 Å². The molecule has 0 aliphatic carbocycles. The summed E-state index contributed by atoms with van der Waals surface area (Å²) in [6.07, 6.45) is 0. The van der Waals surface area contributed by atoms with Crippen LogP contribution in [-0.4, -0.2) is 22.7 Å². The number of anilines is 3. The Hall–Kier alpha value is -2.76. The molecule has 1 aromatic heterocycles. The van der Waals surface area contributed by atoms with E-state index in [1.54, 1.807) is 48.5 Å². The summed E-state index contributed by atoms with van der Waals surface area (Å²) < 4.78 is 0.973. The summed E-state index contributed by atoms with van der Waals surface area (Å²) in [5.74, 6) is -1.51. The first kappa shape index (κ1) is 22.4. The van der Waals surface area contributed by atoms with E-state index in [0.717, 1.165) is 19.0 Å². The van der Waals surface area contributed by atoms with E-state index in [0.29, 0.717) is 22.1 Å². The predicted octanol–water partition coefficient (Wildman–Crippen LogP) is 5.05. The van der Waals surface area contributed by atoms with Crippen LogP contribution in [0.4, 0.5) is 16.5 Å². The standard InChI is InChI=1S/C22H16ClIN4O3S/c1-11-12(2)32-22(25-11)27-19(29)13-4-3-5-15(10-13)26-18-17(23)20(30)28(21(18)31)16-8-6-14(24)7-9-16/h3-10,26H,1-2H3,(H,25,27,29). The number of aryl methyl sites for hydroxylation is 2. The monoisotopic (exact) mass is 578 g/mol. The molecule has 2 N–H and O–H groups in total. The molecule has 162 valence electrons. The zero-order chi connectivity index (χ0) is 23.0. The summed E-state index contributed by atoms with van der Waals surface area (Å²) in [4.78, 5) is 44.5. The van der Waals surface area contributed by atoms with E-state index in [1.165, 1.54) is 11.3 Å². The number of halogens is 2. The number of thiazole rings is 1. The van der Waals surface area contributed by atoms with Gasteiger partial charge in [-0.1, -0.05) is 17.7 Å². The van der Waals surface area contributed by atoms with Gasteiger partial charge in [0.2, 0.25) is 0 Å². The third-order valence-electron chi connectivity index (χ3n) is 4.76. The summed E-state index contributed by atoms with van der Waals surface area (Å²) in [6.45, 7) is 3.81. The SMILES string of the molecule is Cc1nc(NC(=O)c2cccc(NC3=C(Cl)C(=O)N(c4ccc(I)cc4)C3=O)c2)sc1C. The molecule has 10 heteroatoms. The maximum absolute atomic E-state index is 12.9. The second-order valence-electron chi connectivity index (χ2n) is 6.93. The minimum atomic E-state index is -0.608. The van der Waals surface area contributed by atoms with Crippen LogP contribution in [0.3, 0.4) is 0 Å². The van der Waals surface area contributed by atoms with Crippen molar-refractivity contribution in [3.63, 3.8) is 0 Å². The lowest BCUT2D eigenvalue weighted by Crippen LogP contribution is -2.32. The highest BCUT2D eigenvalue weighted by Crippen LogP contribution is 2.30. The van der Waals surface area contributed by atoms with Gasteiger partial charge < -0.3 is 5.32 Å². The van der Waals surface area contributed by atoms with Crippen molar-refractivity contribution in [1.29, 1.82) is 0 Å². The van der Waals surface area contributed by atoms with E-state index in [2.05, 4.69) is 38.2 Å². The minimum absolute atomic E-state index is 0.0426. The summed E-state index contributed by atoms with van der Waals surface area (Å²) >= 11 is 9.73. The molecule has 0 saturated carbocycles. The molecule has 3 amide bonds. The van der Waals surface area contributed by atoms with Crippen molar-refractivity contribution in [2.24, 2.45) is 0 Å². The van der Waals surface area contributed by atoms with Crippen LogP contribution in [-0.2, 0) is 9.59 Å². The molecule has 7 nitrogen and oxygen atoms in total. The number of carbonyl (C=O) groups excluding carboxylic acids is 3. The largest absolute Gasteiger partial charge is 0.350 e. The van der Waals surface area contributed by atoms with Crippen LogP contribution in [0.1, 0.15) is 20.9 Å². The molecule has 0 atom stereocenters. The van der Waals surface area contributed by atoms with Crippen molar-refractivity contribution in [3.8, 4) is 0 Å². The van der Waals surface area contributed by atoms with Gasteiger partial charge in [0.05, 0.1) is 11.4 Å². The number of amides is 3. The lowest BCUT2D eigenvalue weighted by Gasteiger charge is -2.15. The fourth-order valence-electron chi connectivity index (χ4n) is 3.01. The molecule has 0 spiro atoms. The molecule has 32 heavy (non-hydrogen) atoms. The Bertz CT molecular complexity index is 1270. The van der Waals surface area contributed by atoms with Crippen molar-refractivity contribution in [2.75, 3.05) is 15.5 Å². The third-order valence-corrected chi connectivity index (χ3v) is 6.81. The zero-order valence-corrected chi connectivity index (χ0v) is 20.6. The number of benzene rings is 2. The number of hydrogen-bond donors (Lipinski definition) is 2. The number of nitrogens with one attached hydrogen (secondary N) is 2. The summed E-state index contributed by atoms with van der Waals surface area (Å²) in [6, 6.07) is 13.5. The Balaban J connectivity index is 1.53. The summed E-state index contributed by atoms with van der Waals surface area (Å²) in [5.41, 5.74) is 2.06. The fraction of sp³-hybridized carbons (Fsp3) is 0.0909. The first-order chi connectivity index (χ1) is 15.2. The van der Waals surface area contributed by atoms with Crippen LogP contribution in [0.5, 0.6) is 0 Å². The molecule has 0 saturated heterocycles. The fourth-order valence-corrected chi connectivity index (χ4v) is 4.40. The number of imide groups is 1. The van der Waals surface area contributed by atoms with Crippen LogP contribution >= 0.6 is 45.5 Å². The highest BCUT2D eigenvalue weighted by molar-refractivity contribution is 14.1. The van der Waals surface area contributed by atoms with Gasteiger partial charge in [-0.2, -0.15) is 0 Å². The maximum Gasteiger partial charge on any atom is 0.283 e. The Morgan fingerprint density at radius 1 is 1.09 bits per heavy atom. The molecule has 2 aromatic carbocycles. The molecular formula is C22H16ClIN4O3S. The Morgan fingerprint density at radius 3 is 2.47 bits per heavy atom. The van der Waals surface area contributed by atoms with Crippen LogP contribution in [0.15, 0.2) is 59.3 Å². The van der Waals surface area contributed by atoms with E-state index in [-0.39, 0.29) is 16.6 Å². The van der Waals surface area contributed by atoms with E-state index >= 15 is 0 Å². The van der Waals surface area contributed by atoms with Gasteiger partial charge in [-0.3, -0.25) is 19.7 Å². The Morgan fingerprint density at radius 2 is 1.81 bits per heavy atom. The lowest BCUT2D eigenvalue weighted by atomic mass is 10.2. The van der Waals surface area contributed by atoms with Crippen LogP contribution in [0, 0.1) is 17.4 Å². The first-order valence-electron chi connectivity index (χ1n) is 9.41.